The molecule has 0 bridgehead atoms. The highest BCUT2D eigenvalue weighted by molar-refractivity contribution is 7.20. The molecule has 0 fully saturated rings. The van der Waals surface area contributed by atoms with Crippen LogP contribution in [0.5, 0.6) is 5.75 Å². The van der Waals surface area contributed by atoms with Gasteiger partial charge in [0.2, 0.25) is 10.1 Å². The number of aliphatic hydroxyl groups excluding tert-OH is 1. The fourth-order valence-corrected chi connectivity index (χ4v) is 3.36. The minimum Gasteiger partial charge on any atom is -0.491 e. The molecule has 6 nitrogen and oxygen atoms in total. The third kappa shape index (κ3) is 3.65. The summed E-state index contributed by atoms with van der Waals surface area (Å²) >= 11 is 7.39. The minimum atomic E-state index is -0.00306. The van der Waals surface area contributed by atoms with Gasteiger partial charge in [-0.1, -0.05) is 35.1 Å². The van der Waals surface area contributed by atoms with Gasteiger partial charge in [-0.2, -0.15) is 0 Å². The van der Waals surface area contributed by atoms with Crippen LogP contribution in [0.2, 0.25) is 5.02 Å². The predicted molar refractivity (Wildman–Crippen MR) is 104 cm³/mol. The molecule has 4 aromatic rings. The molecule has 26 heavy (non-hydrogen) atoms. The maximum Gasteiger partial charge on any atom is 0.214 e. The Morgan fingerprint density at radius 1 is 1.12 bits per heavy atom. The third-order valence-corrected chi connectivity index (χ3v) is 4.74. The molecule has 0 amide bonds. The van der Waals surface area contributed by atoms with Gasteiger partial charge in [0.15, 0.2) is 0 Å². The van der Waals surface area contributed by atoms with E-state index in [1.165, 1.54) is 11.3 Å². The van der Waals surface area contributed by atoms with E-state index in [1.54, 1.807) is 4.52 Å². The zero-order valence-electron chi connectivity index (χ0n) is 13.6. The maximum absolute atomic E-state index is 8.77. The molecule has 0 aliphatic heterocycles. The van der Waals surface area contributed by atoms with Crippen molar-refractivity contribution in [3.05, 3.63) is 59.8 Å². The van der Waals surface area contributed by atoms with Crippen molar-refractivity contribution < 1.29 is 9.84 Å². The van der Waals surface area contributed by atoms with Gasteiger partial charge in [-0.05, 0) is 36.4 Å². The summed E-state index contributed by atoms with van der Waals surface area (Å²) in [5.74, 6) is 0.714. The molecule has 8 heteroatoms. The van der Waals surface area contributed by atoms with Gasteiger partial charge >= 0.3 is 0 Å². The molecule has 2 aromatic heterocycles. The Morgan fingerprint density at radius 2 is 1.88 bits per heavy atom. The SMILES string of the molecule is OCCOc1ccc(Nc2nn3cc(-c4ccc(Cl)cc4)nc3s2)cc1. The maximum atomic E-state index is 8.77. The number of aromatic nitrogens is 3. The summed E-state index contributed by atoms with van der Waals surface area (Å²) in [6.45, 7) is 0.281. The molecule has 2 N–H and O–H groups in total. The second-order valence-electron chi connectivity index (χ2n) is 5.49. The Labute approximate surface area is 158 Å². The van der Waals surface area contributed by atoms with Gasteiger partial charge < -0.3 is 15.2 Å². The summed E-state index contributed by atoms with van der Waals surface area (Å²) in [6, 6.07) is 15.1. The van der Waals surface area contributed by atoms with E-state index >= 15 is 0 Å². The largest absolute Gasteiger partial charge is 0.491 e. The number of ether oxygens (including phenoxy) is 1. The zero-order chi connectivity index (χ0) is 17.9. The fraction of sp³-hybridized carbons (Fsp3) is 0.111. The van der Waals surface area contributed by atoms with Crippen LogP contribution < -0.4 is 10.1 Å². The normalized spacial score (nSPS) is 11.0. The molecule has 2 aromatic carbocycles. The Balaban J connectivity index is 1.49. The van der Waals surface area contributed by atoms with E-state index in [-0.39, 0.29) is 13.2 Å². The van der Waals surface area contributed by atoms with Crippen LogP contribution >= 0.6 is 22.9 Å². The molecule has 0 aliphatic carbocycles. The van der Waals surface area contributed by atoms with Crippen LogP contribution in [0, 0.1) is 0 Å². The average molecular weight is 387 g/mol. The van der Waals surface area contributed by atoms with Crippen molar-refractivity contribution in [2.75, 3.05) is 18.5 Å². The monoisotopic (exact) mass is 386 g/mol. The minimum absolute atomic E-state index is 0.00306. The van der Waals surface area contributed by atoms with E-state index in [2.05, 4.69) is 15.4 Å². The van der Waals surface area contributed by atoms with Gasteiger partial charge in [0, 0.05) is 16.3 Å². The number of anilines is 2. The summed E-state index contributed by atoms with van der Waals surface area (Å²) in [6.07, 6.45) is 1.89. The molecular weight excluding hydrogens is 372 g/mol. The number of nitrogens with zero attached hydrogens (tertiary/aromatic N) is 3. The third-order valence-electron chi connectivity index (χ3n) is 3.65. The second-order valence-corrected chi connectivity index (χ2v) is 6.88. The molecule has 0 saturated carbocycles. The summed E-state index contributed by atoms with van der Waals surface area (Å²) in [7, 11) is 0. The summed E-state index contributed by atoms with van der Waals surface area (Å²) in [4.78, 5) is 5.42. The van der Waals surface area contributed by atoms with Crippen molar-refractivity contribution in [3.63, 3.8) is 0 Å². The molecule has 0 spiro atoms. The smallest absolute Gasteiger partial charge is 0.214 e. The first-order chi connectivity index (χ1) is 12.7. The molecule has 0 atom stereocenters. The zero-order valence-corrected chi connectivity index (χ0v) is 15.2. The van der Waals surface area contributed by atoms with Gasteiger partial charge in [-0.25, -0.2) is 9.50 Å². The van der Waals surface area contributed by atoms with Crippen molar-refractivity contribution in [1.29, 1.82) is 0 Å². The standard InChI is InChI=1S/C18H15ClN4O2S/c19-13-3-1-12(2-4-13)16-11-23-18(21-16)26-17(22-23)20-14-5-7-15(8-6-14)25-10-9-24/h1-8,11,24H,9-10H2,(H,20,22). The molecule has 0 radical (unpaired) electrons. The topological polar surface area (TPSA) is 71.7 Å². The highest BCUT2D eigenvalue weighted by Crippen LogP contribution is 2.27. The van der Waals surface area contributed by atoms with E-state index in [0.29, 0.717) is 10.8 Å². The number of imidazole rings is 1. The van der Waals surface area contributed by atoms with Crippen LogP contribution in [0.25, 0.3) is 16.2 Å². The lowest BCUT2D eigenvalue weighted by atomic mass is 10.2. The van der Waals surface area contributed by atoms with Crippen LogP contribution in [0.3, 0.4) is 0 Å². The van der Waals surface area contributed by atoms with Gasteiger partial charge in [-0.3, -0.25) is 0 Å². The lowest BCUT2D eigenvalue weighted by Gasteiger charge is -2.05. The lowest BCUT2D eigenvalue weighted by molar-refractivity contribution is 0.201. The van der Waals surface area contributed by atoms with E-state index in [4.69, 9.17) is 21.4 Å². The number of hydrogen-bond donors (Lipinski definition) is 2. The molecule has 0 aliphatic rings. The van der Waals surface area contributed by atoms with Crippen molar-refractivity contribution in [2.24, 2.45) is 0 Å². The molecule has 0 unspecified atom stereocenters. The number of benzene rings is 2. The predicted octanol–water partition coefficient (Wildman–Crippen LogP) is 4.23. The number of hydrogen-bond acceptors (Lipinski definition) is 6. The van der Waals surface area contributed by atoms with E-state index < -0.39 is 0 Å². The number of aliphatic hydroxyl groups is 1. The van der Waals surface area contributed by atoms with Gasteiger partial charge in [0.05, 0.1) is 18.5 Å². The molecule has 0 saturated heterocycles. The van der Waals surface area contributed by atoms with Crippen molar-refractivity contribution >= 4 is 38.7 Å². The van der Waals surface area contributed by atoms with Crippen LogP contribution in [-0.2, 0) is 0 Å². The number of halogens is 1. The van der Waals surface area contributed by atoms with Crippen LogP contribution in [0.1, 0.15) is 0 Å². The van der Waals surface area contributed by atoms with Crippen LogP contribution in [0.15, 0.2) is 54.7 Å². The number of fused-ring (bicyclic) bond motifs is 1. The van der Waals surface area contributed by atoms with Crippen molar-refractivity contribution in [3.8, 4) is 17.0 Å². The van der Waals surface area contributed by atoms with E-state index in [9.17, 15) is 0 Å². The lowest BCUT2D eigenvalue weighted by Crippen LogP contribution is -2.01. The summed E-state index contributed by atoms with van der Waals surface area (Å²) in [5, 5.41) is 18.0. The second kappa shape index (κ2) is 7.33. The first-order valence-electron chi connectivity index (χ1n) is 7.94. The number of nitrogens with one attached hydrogen (secondary N) is 1. The highest BCUT2D eigenvalue weighted by Gasteiger charge is 2.10. The van der Waals surface area contributed by atoms with Gasteiger partial charge in [0.1, 0.15) is 12.4 Å². The average Bonchev–Trinajstić information content (AvgIpc) is 3.20. The molecule has 132 valence electrons. The quantitative estimate of drug-likeness (QED) is 0.519. The Hall–Kier alpha value is -2.61. The van der Waals surface area contributed by atoms with E-state index in [1.807, 2.05) is 54.7 Å². The molecular formula is C18H15ClN4O2S. The Kier molecular flexibility index (Phi) is 4.75. The summed E-state index contributed by atoms with van der Waals surface area (Å²) in [5.41, 5.74) is 2.76. The Morgan fingerprint density at radius 3 is 2.58 bits per heavy atom. The van der Waals surface area contributed by atoms with Crippen molar-refractivity contribution in [2.45, 2.75) is 0 Å². The van der Waals surface area contributed by atoms with Crippen molar-refractivity contribution in [1.82, 2.24) is 14.6 Å². The number of rotatable bonds is 6. The van der Waals surface area contributed by atoms with Gasteiger partial charge in [0.25, 0.3) is 0 Å². The Bertz CT molecular complexity index is 981. The highest BCUT2D eigenvalue weighted by atomic mass is 35.5. The van der Waals surface area contributed by atoms with Crippen LogP contribution in [-0.4, -0.2) is 32.9 Å². The molecule has 4 rings (SSSR count). The van der Waals surface area contributed by atoms with E-state index in [0.717, 1.165) is 27.0 Å². The fourth-order valence-electron chi connectivity index (χ4n) is 2.43. The summed E-state index contributed by atoms with van der Waals surface area (Å²) < 4.78 is 7.10. The van der Waals surface area contributed by atoms with Gasteiger partial charge in [-0.15, -0.1) is 5.10 Å². The first-order valence-corrected chi connectivity index (χ1v) is 9.13. The van der Waals surface area contributed by atoms with Crippen LogP contribution in [0.4, 0.5) is 10.8 Å². The molecule has 2 heterocycles. The first kappa shape index (κ1) is 16.8.